The monoisotopic (exact) mass is 277 g/mol. The molecule has 1 heterocycles. The molecule has 0 amide bonds. The molecule has 0 bridgehead atoms. The SMILES string of the molecule is Cc1nc(C)c(CNc2ccc([N+](=O)[O-])c(C)c2)s1. The van der Waals surface area contributed by atoms with Crippen LogP contribution in [0.5, 0.6) is 0 Å². The van der Waals surface area contributed by atoms with Gasteiger partial charge in [0.25, 0.3) is 5.69 Å². The summed E-state index contributed by atoms with van der Waals surface area (Å²) in [7, 11) is 0. The highest BCUT2D eigenvalue weighted by molar-refractivity contribution is 7.11. The second-order valence-electron chi connectivity index (χ2n) is 4.35. The molecular formula is C13H15N3O2S. The molecule has 1 aromatic heterocycles. The van der Waals surface area contributed by atoms with Gasteiger partial charge in [0, 0.05) is 22.2 Å². The summed E-state index contributed by atoms with van der Waals surface area (Å²) < 4.78 is 0. The number of hydrogen-bond acceptors (Lipinski definition) is 5. The van der Waals surface area contributed by atoms with Gasteiger partial charge in [-0.05, 0) is 32.9 Å². The molecule has 0 saturated heterocycles. The largest absolute Gasteiger partial charge is 0.380 e. The topological polar surface area (TPSA) is 68.1 Å². The highest BCUT2D eigenvalue weighted by Gasteiger charge is 2.10. The highest BCUT2D eigenvalue weighted by atomic mass is 32.1. The fourth-order valence-electron chi connectivity index (χ4n) is 1.89. The van der Waals surface area contributed by atoms with Gasteiger partial charge in [0.15, 0.2) is 0 Å². The number of rotatable bonds is 4. The Bertz CT molecular complexity index is 622. The van der Waals surface area contributed by atoms with Gasteiger partial charge in [-0.25, -0.2) is 4.98 Å². The molecule has 0 fully saturated rings. The lowest BCUT2D eigenvalue weighted by Crippen LogP contribution is -2.00. The number of thiazole rings is 1. The van der Waals surface area contributed by atoms with Crippen LogP contribution in [0.1, 0.15) is 21.1 Å². The van der Waals surface area contributed by atoms with Crippen molar-refractivity contribution in [3.8, 4) is 0 Å². The van der Waals surface area contributed by atoms with E-state index in [2.05, 4.69) is 10.3 Å². The van der Waals surface area contributed by atoms with Gasteiger partial charge in [0.1, 0.15) is 0 Å². The number of benzene rings is 1. The Morgan fingerprint density at radius 2 is 2.11 bits per heavy atom. The Balaban J connectivity index is 2.10. The Morgan fingerprint density at radius 1 is 1.37 bits per heavy atom. The van der Waals surface area contributed by atoms with Crippen molar-refractivity contribution in [3.63, 3.8) is 0 Å². The molecular weight excluding hydrogens is 262 g/mol. The number of hydrogen-bond donors (Lipinski definition) is 1. The number of nitrogens with one attached hydrogen (secondary N) is 1. The van der Waals surface area contributed by atoms with Crippen LogP contribution in [0.4, 0.5) is 11.4 Å². The fourth-order valence-corrected chi connectivity index (χ4v) is 2.77. The van der Waals surface area contributed by atoms with Crippen LogP contribution >= 0.6 is 11.3 Å². The lowest BCUT2D eigenvalue weighted by molar-refractivity contribution is -0.385. The quantitative estimate of drug-likeness (QED) is 0.685. The smallest absolute Gasteiger partial charge is 0.272 e. The van der Waals surface area contributed by atoms with Gasteiger partial charge in [-0.2, -0.15) is 0 Å². The molecule has 0 aliphatic carbocycles. The summed E-state index contributed by atoms with van der Waals surface area (Å²) in [5, 5.41) is 15.1. The van der Waals surface area contributed by atoms with Crippen molar-refractivity contribution >= 4 is 22.7 Å². The minimum Gasteiger partial charge on any atom is -0.380 e. The van der Waals surface area contributed by atoms with E-state index in [4.69, 9.17) is 0 Å². The molecule has 0 radical (unpaired) electrons. The first kappa shape index (κ1) is 13.5. The second kappa shape index (κ2) is 5.36. The first-order valence-corrected chi connectivity index (χ1v) is 6.71. The van der Waals surface area contributed by atoms with Crippen LogP contribution in [0.2, 0.25) is 0 Å². The predicted octanol–water partition coefficient (Wildman–Crippen LogP) is 3.59. The van der Waals surface area contributed by atoms with Crippen LogP contribution in [0, 0.1) is 30.9 Å². The van der Waals surface area contributed by atoms with Crippen LogP contribution in [-0.2, 0) is 6.54 Å². The van der Waals surface area contributed by atoms with Crippen molar-refractivity contribution in [2.75, 3.05) is 5.32 Å². The van der Waals surface area contributed by atoms with Crippen molar-refractivity contribution < 1.29 is 4.92 Å². The van der Waals surface area contributed by atoms with E-state index in [1.807, 2.05) is 13.8 Å². The molecule has 1 aromatic carbocycles. The van der Waals surface area contributed by atoms with E-state index in [-0.39, 0.29) is 10.6 Å². The maximum atomic E-state index is 10.7. The summed E-state index contributed by atoms with van der Waals surface area (Å²) in [4.78, 5) is 15.9. The lowest BCUT2D eigenvalue weighted by atomic mass is 10.2. The van der Waals surface area contributed by atoms with Crippen LogP contribution in [-0.4, -0.2) is 9.91 Å². The normalized spacial score (nSPS) is 10.5. The van der Waals surface area contributed by atoms with E-state index < -0.39 is 0 Å². The first-order chi connectivity index (χ1) is 8.97. The van der Waals surface area contributed by atoms with Gasteiger partial charge < -0.3 is 5.32 Å². The molecule has 0 spiro atoms. The maximum absolute atomic E-state index is 10.7. The third-order valence-corrected chi connectivity index (χ3v) is 3.92. The van der Waals surface area contributed by atoms with Crippen molar-refractivity contribution in [2.45, 2.75) is 27.3 Å². The Kier molecular flexibility index (Phi) is 3.80. The van der Waals surface area contributed by atoms with E-state index in [1.165, 1.54) is 10.9 Å². The van der Waals surface area contributed by atoms with Gasteiger partial charge in [-0.3, -0.25) is 10.1 Å². The van der Waals surface area contributed by atoms with E-state index in [1.54, 1.807) is 30.4 Å². The van der Waals surface area contributed by atoms with Crippen molar-refractivity contribution in [2.24, 2.45) is 0 Å². The van der Waals surface area contributed by atoms with Gasteiger partial charge >= 0.3 is 0 Å². The molecule has 19 heavy (non-hydrogen) atoms. The third kappa shape index (κ3) is 3.08. The number of anilines is 1. The van der Waals surface area contributed by atoms with Crippen LogP contribution in [0.15, 0.2) is 18.2 Å². The number of aryl methyl sites for hydroxylation is 3. The minimum atomic E-state index is -0.365. The van der Waals surface area contributed by atoms with Gasteiger partial charge in [-0.15, -0.1) is 11.3 Å². The molecule has 5 nitrogen and oxygen atoms in total. The molecule has 0 aliphatic heterocycles. The molecule has 0 aliphatic rings. The van der Waals surface area contributed by atoms with Crippen molar-refractivity contribution in [1.29, 1.82) is 0 Å². The Hall–Kier alpha value is -1.95. The van der Waals surface area contributed by atoms with E-state index >= 15 is 0 Å². The molecule has 0 unspecified atom stereocenters. The average molecular weight is 277 g/mol. The molecule has 1 N–H and O–H groups in total. The second-order valence-corrected chi connectivity index (χ2v) is 5.64. The standard InChI is InChI=1S/C13H15N3O2S/c1-8-6-11(4-5-12(8)16(17)18)14-7-13-9(2)15-10(3)19-13/h4-6,14H,7H2,1-3H3. The number of nitro groups is 1. The van der Waals surface area contributed by atoms with Crippen LogP contribution in [0.3, 0.4) is 0 Å². The van der Waals surface area contributed by atoms with Gasteiger partial charge in [0.05, 0.1) is 22.2 Å². The number of aromatic nitrogens is 1. The van der Waals surface area contributed by atoms with E-state index in [0.29, 0.717) is 12.1 Å². The van der Waals surface area contributed by atoms with Crippen LogP contribution in [0.25, 0.3) is 0 Å². The zero-order valence-electron chi connectivity index (χ0n) is 11.1. The molecule has 2 aromatic rings. The first-order valence-electron chi connectivity index (χ1n) is 5.89. The lowest BCUT2D eigenvalue weighted by Gasteiger charge is -2.06. The summed E-state index contributed by atoms with van der Waals surface area (Å²) in [6, 6.07) is 5.05. The average Bonchev–Trinajstić information content (AvgIpc) is 2.65. The molecule has 6 heteroatoms. The zero-order valence-corrected chi connectivity index (χ0v) is 11.9. The summed E-state index contributed by atoms with van der Waals surface area (Å²) >= 11 is 1.66. The molecule has 100 valence electrons. The zero-order chi connectivity index (χ0) is 14.0. The summed E-state index contributed by atoms with van der Waals surface area (Å²) in [6.45, 7) is 6.40. The number of nitro benzene ring substituents is 1. The van der Waals surface area contributed by atoms with Gasteiger partial charge in [0.2, 0.25) is 0 Å². The van der Waals surface area contributed by atoms with E-state index in [0.717, 1.165) is 16.4 Å². The van der Waals surface area contributed by atoms with E-state index in [9.17, 15) is 10.1 Å². The predicted molar refractivity (Wildman–Crippen MR) is 76.7 cm³/mol. The number of nitrogens with zero attached hydrogens (tertiary/aromatic N) is 2. The Labute approximate surface area is 115 Å². The molecule has 0 atom stereocenters. The molecule has 0 saturated carbocycles. The maximum Gasteiger partial charge on any atom is 0.272 e. The summed E-state index contributed by atoms with van der Waals surface area (Å²) in [5.74, 6) is 0. The molecule has 2 rings (SSSR count). The summed E-state index contributed by atoms with van der Waals surface area (Å²) in [6.07, 6.45) is 0. The Morgan fingerprint density at radius 3 is 2.63 bits per heavy atom. The van der Waals surface area contributed by atoms with Gasteiger partial charge in [-0.1, -0.05) is 0 Å². The fraction of sp³-hybridized carbons (Fsp3) is 0.308. The van der Waals surface area contributed by atoms with Crippen molar-refractivity contribution in [3.05, 3.63) is 49.5 Å². The van der Waals surface area contributed by atoms with Crippen molar-refractivity contribution in [1.82, 2.24) is 4.98 Å². The van der Waals surface area contributed by atoms with Crippen LogP contribution < -0.4 is 5.32 Å². The summed E-state index contributed by atoms with van der Waals surface area (Å²) in [5.41, 5.74) is 2.73. The minimum absolute atomic E-state index is 0.148. The third-order valence-electron chi connectivity index (χ3n) is 2.85. The highest BCUT2D eigenvalue weighted by Crippen LogP contribution is 2.23.